The molecule has 2 N–H and O–H groups in total. The smallest absolute Gasteiger partial charge is 0.307 e. The van der Waals surface area contributed by atoms with E-state index >= 15 is 0 Å². The monoisotopic (exact) mass is 211 g/mol. The van der Waals surface area contributed by atoms with Gasteiger partial charge in [0.15, 0.2) is 0 Å². The Balaban J connectivity index is 1.59. The summed E-state index contributed by atoms with van der Waals surface area (Å²) in [7, 11) is 0. The van der Waals surface area contributed by atoms with E-state index in [0.717, 1.165) is 0 Å². The molecule has 0 saturated heterocycles. The van der Waals surface area contributed by atoms with Gasteiger partial charge in [-0.2, -0.15) is 0 Å². The van der Waals surface area contributed by atoms with Crippen LogP contribution in [0.2, 0.25) is 0 Å². The van der Waals surface area contributed by atoms with Crippen molar-refractivity contribution >= 4 is 5.97 Å². The Morgan fingerprint density at radius 2 is 1.93 bits per heavy atom. The van der Waals surface area contributed by atoms with E-state index in [4.69, 9.17) is 10.5 Å². The predicted molar refractivity (Wildman–Crippen MR) is 58.2 cm³/mol. The van der Waals surface area contributed by atoms with E-state index in [2.05, 4.69) is 0 Å². The van der Waals surface area contributed by atoms with Crippen molar-refractivity contribution in [1.82, 2.24) is 0 Å². The summed E-state index contributed by atoms with van der Waals surface area (Å²) in [6.07, 6.45) is 7.84. The van der Waals surface area contributed by atoms with Gasteiger partial charge < -0.3 is 10.5 Å². The molecule has 0 heterocycles. The molecule has 0 bridgehead atoms. The van der Waals surface area contributed by atoms with Gasteiger partial charge in [-0.1, -0.05) is 12.8 Å². The van der Waals surface area contributed by atoms with Crippen LogP contribution in [0.15, 0.2) is 0 Å². The lowest BCUT2D eigenvalue weighted by molar-refractivity contribution is -0.145. The first-order valence-corrected chi connectivity index (χ1v) is 6.17. The maximum Gasteiger partial charge on any atom is 0.307 e. The molecule has 0 aromatic carbocycles. The van der Waals surface area contributed by atoms with E-state index in [1.54, 1.807) is 0 Å². The molecule has 86 valence electrons. The largest absolute Gasteiger partial charge is 0.465 e. The maximum atomic E-state index is 11.4. The van der Waals surface area contributed by atoms with Crippen molar-refractivity contribution in [2.24, 2.45) is 17.6 Å². The standard InChI is InChI=1S/C12H21NO2/c13-11(10-5-6-10)7-12(14)15-8-9-3-1-2-4-9/h9-11H,1-8,13H2. The average Bonchev–Trinajstić information content (AvgIpc) is 2.93. The van der Waals surface area contributed by atoms with E-state index in [1.807, 2.05) is 0 Å². The van der Waals surface area contributed by atoms with Gasteiger partial charge in [-0.05, 0) is 37.5 Å². The summed E-state index contributed by atoms with van der Waals surface area (Å²) in [6.45, 7) is 0.621. The second kappa shape index (κ2) is 4.97. The normalized spacial score (nSPS) is 24.1. The highest BCUT2D eigenvalue weighted by molar-refractivity contribution is 5.70. The van der Waals surface area contributed by atoms with Crippen molar-refractivity contribution in [2.75, 3.05) is 6.61 Å². The summed E-state index contributed by atoms with van der Waals surface area (Å²) < 4.78 is 5.26. The Morgan fingerprint density at radius 1 is 1.27 bits per heavy atom. The van der Waals surface area contributed by atoms with Crippen LogP contribution in [-0.4, -0.2) is 18.6 Å². The highest BCUT2D eigenvalue weighted by atomic mass is 16.5. The Bertz CT molecular complexity index is 220. The summed E-state index contributed by atoms with van der Waals surface area (Å²) in [4.78, 5) is 11.4. The van der Waals surface area contributed by atoms with E-state index in [1.165, 1.54) is 38.5 Å². The molecular formula is C12H21NO2. The zero-order valence-corrected chi connectivity index (χ0v) is 9.28. The first-order chi connectivity index (χ1) is 7.25. The molecule has 0 amide bonds. The Kier molecular flexibility index (Phi) is 3.62. The zero-order valence-electron chi connectivity index (χ0n) is 9.28. The topological polar surface area (TPSA) is 52.3 Å². The summed E-state index contributed by atoms with van der Waals surface area (Å²) in [6, 6.07) is 0.0427. The minimum atomic E-state index is -0.0960. The van der Waals surface area contributed by atoms with E-state index in [0.29, 0.717) is 24.9 Å². The quantitative estimate of drug-likeness (QED) is 0.706. The van der Waals surface area contributed by atoms with Crippen LogP contribution in [0.1, 0.15) is 44.9 Å². The van der Waals surface area contributed by atoms with Gasteiger partial charge >= 0.3 is 5.97 Å². The molecule has 2 saturated carbocycles. The maximum absolute atomic E-state index is 11.4. The number of rotatable bonds is 5. The average molecular weight is 211 g/mol. The van der Waals surface area contributed by atoms with Gasteiger partial charge in [-0.15, -0.1) is 0 Å². The van der Waals surface area contributed by atoms with Crippen LogP contribution in [0.25, 0.3) is 0 Å². The molecule has 0 aromatic rings. The molecule has 3 heteroatoms. The van der Waals surface area contributed by atoms with E-state index in [9.17, 15) is 4.79 Å². The van der Waals surface area contributed by atoms with Crippen LogP contribution in [0.5, 0.6) is 0 Å². The number of hydrogen-bond donors (Lipinski definition) is 1. The molecule has 15 heavy (non-hydrogen) atoms. The van der Waals surface area contributed by atoms with Crippen molar-refractivity contribution in [3.8, 4) is 0 Å². The number of esters is 1. The van der Waals surface area contributed by atoms with Crippen molar-refractivity contribution in [2.45, 2.75) is 51.0 Å². The first kappa shape index (κ1) is 10.9. The minimum absolute atomic E-state index is 0.0427. The highest BCUT2D eigenvalue weighted by Gasteiger charge is 2.30. The molecular weight excluding hydrogens is 190 g/mol. The number of ether oxygens (including phenoxy) is 1. The second-order valence-corrected chi connectivity index (χ2v) is 5.04. The molecule has 2 fully saturated rings. The van der Waals surface area contributed by atoms with Gasteiger partial charge in [0.1, 0.15) is 0 Å². The first-order valence-electron chi connectivity index (χ1n) is 6.17. The Labute approximate surface area is 91.4 Å². The molecule has 1 unspecified atom stereocenters. The third kappa shape index (κ3) is 3.49. The van der Waals surface area contributed by atoms with Gasteiger partial charge in [0.2, 0.25) is 0 Å². The fraction of sp³-hybridized carbons (Fsp3) is 0.917. The number of carbonyl (C=O) groups is 1. The van der Waals surface area contributed by atoms with Crippen molar-refractivity contribution in [1.29, 1.82) is 0 Å². The van der Waals surface area contributed by atoms with Crippen molar-refractivity contribution < 1.29 is 9.53 Å². The number of nitrogens with two attached hydrogens (primary N) is 1. The molecule has 0 spiro atoms. The lowest BCUT2D eigenvalue weighted by atomic mass is 10.1. The second-order valence-electron chi connectivity index (χ2n) is 5.04. The highest BCUT2D eigenvalue weighted by Crippen LogP contribution is 2.33. The Morgan fingerprint density at radius 3 is 2.53 bits per heavy atom. The van der Waals surface area contributed by atoms with Crippen molar-refractivity contribution in [3.05, 3.63) is 0 Å². The molecule has 0 radical (unpaired) electrons. The molecule has 0 aromatic heterocycles. The van der Waals surface area contributed by atoms with Crippen LogP contribution in [0.3, 0.4) is 0 Å². The third-order valence-electron chi connectivity index (χ3n) is 3.58. The number of carbonyl (C=O) groups excluding carboxylic acids is 1. The zero-order chi connectivity index (χ0) is 10.7. The molecule has 2 aliphatic rings. The fourth-order valence-electron chi connectivity index (χ4n) is 2.33. The van der Waals surface area contributed by atoms with Crippen molar-refractivity contribution in [3.63, 3.8) is 0 Å². The van der Waals surface area contributed by atoms with Gasteiger partial charge in [0.05, 0.1) is 13.0 Å². The Hall–Kier alpha value is -0.570. The predicted octanol–water partition coefficient (Wildman–Crippen LogP) is 1.85. The summed E-state index contributed by atoms with van der Waals surface area (Å²) in [5, 5.41) is 0. The minimum Gasteiger partial charge on any atom is -0.465 e. The lowest BCUT2D eigenvalue weighted by Gasteiger charge is -2.12. The summed E-state index contributed by atoms with van der Waals surface area (Å²) in [5.41, 5.74) is 5.86. The molecule has 2 rings (SSSR count). The van der Waals surface area contributed by atoms with Gasteiger partial charge in [-0.25, -0.2) is 0 Å². The number of hydrogen-bond acceptors (Lipinski definition) is 3. The SMILES string of the molecule is NC(CC(=O)OCC1CCCC1)C1CC1. The van der Waals surface area contributed by atoms with E-state index < -0.39 is 0 Å². The third-order valence-corrected chi connectivity index (χ3v) is 3.58. The van der Waals surface area contributed by atoms with E-state index in [-0.39, 0.29) is 12.0 Å². The molecule has 0 aliphatic heterocycles. The molecule has 3 nitrogen and oxygen atoms in total. The summed E-state index contributed by atoms with van der Waals surface area (Å²) >= 11 is 0. The molecule has 2 aliphatic carbocycles. The lowest BCUT2D eigenvalue weighted by Crippen LogP contribution is -2.27. The molecule has 1 atom stereocenters. The van der Waals surface area contributed by atoms with Gasteiger partial charge in [0.25, 0.3) is 0 Å². The van der Waals surface area contributed by atoms with Gasteiger partial charge in [0, 0.05) is 6.04 Å². The van der Waals surface area contributed by atoms with Crippen LogP contribution < -0.4 is 5.73 Å². The summed E-state index contributed by atoms with van der Waals surface area (Å²) in [5.74, 6) is 1.11. The van der Waals surface area contributed by atoms with Crippen LogP contribution >= 0.6 is 0 Å². The van der Waals surface area contributed by atoms with Gasteiger partial charge in [-0.3, -0.25) is 4.79 Å². The van der Waals surface area contributed by atoms with Crippen LogP contribution in [-0.2, 0) is 9.53 Å². The fourth-order valence-corrected chi connectivity index (χ4v) is 2.33. The van der Waals surface area contributed by atoms with Crippen LogP contribution in [0.4, 0.5) is 0 Å². The van der Waals surface area contributed by atoms with Crippen LogP contribution in [0, 0.1) is 11.8 Å².